The Morgan fingerprint density at radius 3 is 1.49 bits per heavy atom. The standard InChI is InChI=1S/C35H67NO3/c1-3-5-7-9-11-13-14-15-16-17-18-19-20-21-23-24-26-28-30-34(38)33(32-37)36-35(39)31-29-27-25-22-12-10-8-6-4-2/h20-21,26,28,33-34,37-38H,3-19,22-25,27,29-32H2,1-2H3,(H,36,39). The molecule has 0 saturated heterocycles. The van der Waals surface area contributed by atoms with Crippen molar-refractivity contribution < 1.29 is 15.0 Å². The SMILES string of the molecule is CCCCCCCCCCCCCC=CCCC=CCC(O)C(CO)NC(=O)CCCCCCCCCCC. The summed E-state index contributed by atoms with van der Waals surface area (Å²) in [5.74, 6) is -0.0667. The van der Waals surface area contributed by atoms with Crippen molar-refractivity contribution >= 4 is 5.91 Å². The summed E-state index contributed by atoms with van der Waals surface area (Å²) < 4.78 is 0. The van der Waals surface area contributed by atoms with Gasteiger partial charge in [-0.3, -0.25) is 4.79 Å². The predicted molar refractivity (Wildman–Crippen MR) is 170 cm³/mol. The molecule has 0 aliphatic heterocycles. The van der Waals surface area contributed by atoms with Crippen molar-refractivity contribution in [2.24, 2.45) is 0 Å². The summed E-state index contributed by atoms with van der Waals surface area (Å²) >= 11 is 0. The van der Waals surface area contributed by atoms with Gasteiger partial charge >= 0.3 is 0 Å². The van der Waals surface area contributed by atoms with Crippen LogP contribution in [0.5, 0.6) is 0 Å². The van der Waals surface area contributed by atoms with Gasteiger partial charge in [-0.25, -0.2) is 0 Å². The predicted octanol–water partition coefficient (Wildman–Crippen LogP) is 9.73. The smallest absolute Gasteiger partial charge is 0.220 e. The average Bonchev–Trinajstić information content (AvgIpc) is 2.94. The molecule has 0 bridgehead atoms. The number of aliphatic hydroxyl groups excluding tert-OH is 2. The average molecular weight is 550 g/mol. The zero-order valence-corrected chi connectivity index (χ0v) is 26.2. The van der Waals surface area contributed by atoms with Gasteiger partial charge in [0.15, 0.2) is 0 Å². The molecule has 0 saturated carbocycles. The fourth-order valence-corrected chi connectivity index (χ4v) is 5.01. The van der Waals surface area contributed by atoms with Crippen LogP contribution in [-0.2, 0) is 4.79 Å². The number of nitrogens with one attached hydrogen (secondary N) is 1. The van der Waals surface area contributed by atoms with Gasteiger partial charge < -0.3 is 15.5 Å². The van der Waals surface area contributed by atoms with Gasteiger partial charge in [0.2, 0.25) is 5.91 Å². The van der Waals surface area contributed by atoms with E-state index in [0.717, 1.165) is 25.7 Å². The van der Waals surface area contributed by atoms with Gasteiger partial charge in [0, 0.05) is 6.42 Å². The highest BCUT2D eigenvalue weighted by atomic mass is 16.3. The van der Waals surface area contributed by atoms with Gasteiger partial charge in [-0.1, -0.05) is 154 Å². The highest BCUT2D eigenvalue weighted by Crippen LogP contribution is 2.13. The van der Waals surface area contributed by atoms with E-state index in [4.69, 9.17) is 0 Å². The highest BCUT2D eigenvalue weighted by molar-refractivity contribution is 5.76. The van der Waals surface area contributed by atoms with Gasteiger partial charge in [-0.05, 0) is 38.5 Å². The van der Waals surface area contributed by atoms with Crippen molar-refractivity contribution in [3.63, 3.8) is 0 Å². The number of hydrogen-bond donors (Lipinski definition) is 3. The fraction of sp³-hybridized carbons (Fsp3) is 0.857. The largest absolute Gasteiger partial charge is 0.394 e. The van der Waals surface area contributed by atoms with Crippen LogP contribution < -0.4 is 5.32 Å². The maximum atomic E-state index is 12.2. The van der Waals surface area contributed by atoms with Crippen molar-refractivity contribution in [2.75, 3.05) is 6.61 Å². The molecule has 3 N–H and O–H groups in total. The zero-order valence-electron chi connectivity index (χ0n) is 26.2. The van der Waals surface area contributed by atoms with E-state index in [-0.39, 0.29) is 12.5 Å². The number of aliphatic hydroxyl groups is 2. The lowest BCUT2D eigenvalue weighted by Crippen LogP contribution is -2.45. The molecule has 0 aromatic heterocycles. The first-order chi connectivity index (χ1) is 19.2. The molecule has 0 aromatic carbocycles. The minimum absolute atomic E-state index is 0.0667. The second-order valence-corrected chi connectivity index (χ2v) is 11.6. The summed E-state index contributed by atoms with van der Waals surface area (Å²) in [6, 6.07) is -0.591. The summed E-state index contributed by atoms with van der Waals surface area (Å²) in [7, 11) is 0. The molecule has 2 atom stereocenters. The van der Waals surface area contributed by atoms with E-state index >= 15 is 0 Å². The lowest BCUT2D eigenvalue weighted by atomic mass is 10.1. The maximum absolute atomic E-state index is 12.2. The minimum Gasteiger partial charge on any atom is -0.394 e. The van der Waals surface area contributed by atoms with E-state index in [1.165, 1.54) is 122 Å². The molecule has 0 aromatic rings. The van der Waals surface area contributed by atoms with Crippen molar-refractivity contribution in [1.29, 1.82) is 0 Å². The summed E-state index contributed by atoms with van der Waals surface area (Å²) in [4.78, 5) is 12.2. The molecular weight excluding hydrogens is 482 g/mol. The quantitative estimate of drug-likeness (QED) is 0.0617. The van der Waals surface area contributed by atoms with E-state index in [2.05, 4.69) is 37.4 Å². The molecule has 0 radical (unpaired) electrons. The third-order valence-corrected chi connectivity index (χ3v) is 7.70. The Labute approximate surface area is 243 Å². The Morgan fingerprint density at radius 2 is 1.00 bits per heavy atom. The van der Waals surface area contributed by atoms with Gasteiger partial charge in [0.05, 0.1) is 18.8 Å². The van der Waals surface area contributed by atoms with Crippen LogP contribution in [0, 0.1) is 0 Å². The van der Waals surface area contributed by atoms with Gasteiger partial charge in [0.25, 0.3) is 0 Å². The Bertz CT molecular complexity index is 560. The molecule has 0 heterocycles. The Kier molecular flexibility index (Phi) is 30.5. The van der Waals surface area contributed by atoms with E-state index in [9.17, 15) is 15.0 Å². The van der Waals surface area contributed by atoms with E-state index in [1.54, 1.807) is 0 Å². The van der Waals surface area contributed by atoms with Crippen molar-refractivity contribution in [2.45, 2.75) is 187 Å². The normalized spacial score (nSPS) is 13.4. The summed E-state index contributed by atoms with van der Waals surface area (Å²) in [5, 5.41) is 22.8. The van der Waals surface area contributed by atoms with Crippen molar-refractivity contribution in [3.8, 4) is 0 Å². The Balaban J connectivity index is 3.66. The number of carbonyl (C=O) groups excluding carboxylic acids is 1. The van der Waals surface area contributed by atoms with E-state index < -0.39 is 12.1 Å². The molecule has 0 spiro atoms. The molecule has 4 heteroatoms. The van der Waals surface area contributed by atoms with Gasteiger partial charge in [0.1, 0.15) is 0 Å². The minimum atomic E-state index is -0.755. The molecular formula is C35H67NO3. The maximum Gasteiger partial charge on any atom is 0.220 e. The Hall–Kier alpha value is -1.13. The zero-order chi connectivity index (χ0) is 28.7. The third-order valence-electron chi connectivity index (χ3n) is 7.70. The van der Waals surface area contributed by atoms with Crippen molar-refractivity contribution in [1.82, 2.24) is 5.32 Å². The number of hydrogen-bond acceptors (Lipinski definition) is 3. The number of amides is 1. The lowest BCUT2D eigenvalue weighted by Gasteiger charge is -2.21. The second kappa shape index (κ2) is 31.4. The van der Waals surface area contributed by atoms with E-state index in [1.807, 2.05) is 6.08 Å². The molecule has 1 amide bonds. The van der Waals surface area contributed by atoms with Crippen LogP contribution in [0.2, 0.25) is 0 Å². The molecule has 2 unspecified atom stereocenters. The molecule has 0 aliphatic carbocycles. The van der Waals surface area contributed by atoms with Gasteiger partial charge in [-0.15, -0.1) is 0 Å². The molecule has 0 rings (SSSR count). The first kappa shape index (κ1) is 37.9. The topological polar surface area (TPSA) is 69.6 Å². The van der Waals surface area contributed by atoms with Crippen LogP contribution in [0.1, 0.15) is 174 Å². The van der Waals surface area contributed by atoms with Crippen LogP contribution in [0.3, 0.4) is 0 Å². The number of allylic oxidation sites excluding steroid dienone is 3. The first-order valence-corrected chi connectivity index (χ1v) is 17.0. The van der Waals surface area contributed by atoms with Crippen LogP contribution in [0.15, 0.2) is 24.3 Å². The number of rotatable bonds is 30. The highest BCUT2D eigenvalue weighted by Gasteiger charge is 2.19. The van der Waals surface area contributed by atoms with Crippen LogP contribution in [0.25, 0.3) is 0 Å². The monoisotopic (exact) mass is 550 g/mol. The van der Waals surface area contributed by atoms with Gasteiger partial charge in [-0.2, -0.15) is 0 Å². The summed E-state index contributed by atoms with van der Waals surface area (Å²) in [5.41, 5.74) is 0. The lowest BCUT2D eigenvalue weighted by molar-refractivity contribution is -0.123. The van der Waals surface area contributed by atoms with Crippen LogP contribution in [0.4, 0.5) is 0 Å². The summed E-state index contributed by atoms with van der Waals surface area (Å²) in [6.45, 7) is 4.28. The number of unbranched alkanes of at least 4 members (excludes halogenated alkanes) is 20. The molecule has 39 heavy (non-hydrogen) atoms. The number of carbonyl (C=O) groups is 1. The van der Waals surface area contributed by atoms with E-state index in [0.29, 0.717) is 12.8 Å². The molecule has 230 valence electrons. The molecule has 0 fully saturated rings. The fourth-order valence-electron chi connectivity index (χ4n) is 5.01. The van der Waals surface area contributed by atoms with Crippen LogP contribution >= 0.6 is 0 Å². The Morgan fingerprint density at radius 1 is 0.590 bits per heavy atom. The molecule has 4 nitrogen and oxygen atoms in total. The summed E-state index contributed by atoms with van der Waals surface area (Å²) in [6.07, 6.45) is 38.2. The molecule has 0 aliphatic rings. The third kappa shape index (κ3) is 28.2. The van der Waals surface area contributed by atoms with Crippen molar-refractivity contribution in [3.05, 3.63) is 24.3 Å². The van der Waals surface area contributed by atoms with Crippen LogP contribution in [-0.4, -0.2) is 34.9 Å². The second-order valence-electron chi connectivity index (χ2n) is 11.6. The first-order valence-electron chi connectivity index (χ1n) is 17.0.